The van der Waals surface area contributed by atoms with Crippen molar-refractivity contribution in [2.24, 2.45) is 0 Å². The zero-order chi connectivity index (χ0) is 22.7. The van der Waals surface area contributed by atoms with Gasteiger partial charge in [-0.3, -0.25) is 9.59 Å². The predicted molar refractivity (Wildman–Crippen MR) is 121 cm³/mol. The summed E-state index contributed by atoms with van der Waals surface area (Å²) in [5.74, 6) is 0.905. The second kappa shape index (κ2) is 9.30. The van der Waals surface area contributed by atoms with Gasteiger partial charge in [-0.25, -0.2) is 4.68 Å². The maximum Gasteiger partial charge on any atom is 0.274 e. The molecule has 1 amide bonds. The molecule has 1 saturated carbocycles. The number of benzene rings is 2. The third-order valence-electron chi connectivity index (χ3n) is 5.92. The number of hydrogen-bond acceptors (Lipinski definition) is 6. The molecule has 0 radical (unpaired) electrons. The molecule has 0 unspecified atom stereocenters. The Labute approximate surface area is 186 Å². The monoisotopic (exact) mass is 437 g/mol. The minimum Gasteiger partial charge on any atom is -0.493 e. The van der Waals surface area contributed by atoms with Gasteiger partial charge < -0.3 is 19.5 Å². The molecule has 32 heavy (non-hydrogen) atoms. The van der Waals surface area contributed by atoms with Gasteiger partial charge in [-0.15, -0.1) is 0 Å². The molecular weight excluding hydrogens is 410 g/mol. The molecule has 4 rings (SSSR count). The number of carbonyl (C=O) groups is 1. The van der Waals surface area contributed by atoms with Crippen molar-refractivity contribution < 1.29 is 19.0 Å². The van der Waals surface area contributed by atoms with Crippen LogP contribution in [0.1, 0.15) is 47.8 Å². The van der Waals surface area contributed by atoms with Gasteiger partial charge in [-0.05, 0) is 31.0 Å². The molecule has 1 aliphatic rings. The van der Waals surface area contributed by atoms with E-state index in [1.165, 1.54) is 21.3 Å². The zero-order valence-electron chi connectivity index (χ0n) is 18.5. The number of hydrogen-bond donors (Lipinski definition) is 1. The van der Waals surface area contributed by atoms with Crippen molar-refractivity contribution in [1.82, 2.24) is 15.1 Å². The summed E-state index contributed by atoms with van der Waals surface area (Å²) >= 11 is 0. The highest BCUT2D eigenvalue weighted by molar-refractivity contribution is 5.96. The number of carbonyl (C=O) groups excluding carboxylic acids is 1. The molecule has 1 N–H and O–H groups in total. The SMILES string of the molecule is COc1cc(C(=O)NCc2nn(C3CCCC3)c(=O)c3ccccc23)cc(OC)c1OC. The summed E-state index contributed by atoms with van der Waals surface area (Å²) in [4.78, 5) is 25.9. The number of ether oxygens (including phenoxy) is 3. The van der Waals surface area contributed by atoms with Crippen LogP contribution in [0.15, 0.2) is 41.2 Å². The fraction of sp³-hybridized carbons (Fsp3) is 0.375. The Kier molecular flexibility index (Phi) is 6.30. The molecule has 0 atom stereocenters. The van der Waals surface area contributed by atoms with Crippen molar-refractivity contribution in [3.05, 3.63) is 58.0 Å². The fourth-order valence-electron chi connectivity index (χ4n) is 4.28. The summed E-state index contributed by atoms with van der Waals surface area (Å²) in [7, 11) is 4.51. The highest BCUT2D eigenvalue weighted by Gasteiger charge is 2.22. The van der Waals surface area contributed by atoms with Gasteiger partial charge in [0.05, 0.1) is 45.0 Å². The van der Waals surface area contributed by atoms with Crippen LogP contribution in [-0.4, -0.2) is 37.0 Å². The first-order valence-corrected chi connectivity index (χ1v) is 10.7. The Bertz CT molecular complexity index is 1170. The van der Waals surface area contributed by atoms with Gasteiger partial charge in [0.25, 0.3) is 11.5 Å². The first kappa shape index (κ1) is 21.7. The van der Waals surface area contributed by atoms with E-state index in [0.29, 0.717) is 33.9 Å². The summed E-state index contributed by atoms with van der Waals surface area (Å²) < 4.78 is 17.6. The number of amides is 1. The maximum absolute atomic E-state index is 13.0. The topological polar surface area (TPSA) is 91.7 Å². The fourth-order valence-corrected chi connectivity index (χ4v) is 4.28. The Balaban J connectivity index is 1.65. The van der Waals surface area contributed by atoms with E-state index < -0.39 is 0 Å². The van der Waals surface area contributed by atoms with Crippen LogP contribution in [0.5, 0.6) is 17.2 Å². The number of methoxy groups -OCH3 is 3. The van der Waals surface area contributed by atoms with Gasteiger partial charge in [-0.1, -0.05) is 31.0 Å². The second-order valence-corrected chi connectivity index (χ2v) is 7.78. The van der Waals surface area contributed by atoms with Crippen molar-refractivity contribution in [3.8, 4) is 17.2 Å². The number of aromatic nitrogens is 2. The summed E-state index contributed by atoms with van der Waals surface area (Å²) in [6.07, 6.45) is 4.09. The molecule has 1 heterocycles. The average Bonchev–Trinajstić information content (AvgIpc) is 3.37. The normalized spacial score (nSPS) is 13.8. The quantitative estimate of drug-likeness (QED) is 0.609. The van der Waals surface area contributed by atoms with E-state index in [1.807, 2.05) is 24.3 Å². The smallest absolute Gasteiger partial charge is 0.274 e. The zero-order valence-corrected chi connectivity index (χ0v) is 18.5. The Morgan fingerprint density at radius 1 is 1.03 bits per heavy atom. The van der Waals surface area contributed by atoms with E-state index in [2.05, 4.69) is 10.4 Å². The maximum atomic E-state index is 13.0. The van der Waals surface area contributed by atoms with E-state index in [1.54, 1.807) is 16.8 Å². The van der Waals surface area contributed by atoms with Crippen LogP contribution in [0, 0.1) is 0 Å². The number of nitrogens with one attached hydrogen (secondary N) is 1. The first-order valence-electron chi connectivity index (χ1n) is 10.7. The van der Waals surface area contributed by atoms with Crippen molar-refractivity contribution in [2.75, 3.05) is 21.3 Å². The molecule has 2 aromatic carbocycles. The summed E-state index contributed by atoms with van der Waals surface area (Å²) in [5.41, 5.74) is 0.952. The van der Waals surface area contributed by atoms with Crippen molar-refractivity contribution >= 4 is 16.7 Å². The van der Waals surface area contributed by atoms with E-state index in [0.717, 1.165) is 31.1 Å². The van der Waals surface area contributed by atoms with Gasteiger partial charge in [-0.2, -0.15) is 5.10 Å². The van der Waals surface area contributed by atoms with Gasteiger partial charge in [0, 0.05) is 10.9 Å². The van der Waals surface area contributed by atoms with E-state index in [9.17, 15) is 9.59 Å². The lowest BCUT2D eigenvalue weighted by Crippen LogP contribution is -2.30. The first-order chi connectivity index (χ1) is 15.6. The third-order valence-corrected chi connectivity index (χ3v) is 5.92. The van der Waals surface area contributed by atoms with Crippen LogP contribution in [0.25, 0.3) is 10.8 Å². The van der Waals surface area contributed by atoms with E-state index in [-0.39, 0.29) is 24.1 Å². The van der Waals surface area contributed by atoms with Crippen LogP contribution in [0.2, 0.25) is 0 Å². The molecular formula is C24H27N3O5. The number of fused-ring (bicyclic) bond motifs is 1. The molecule has 168 valence electrons. The van der Waals surface area contributed by atoms with Crippen LogP contribution in [0.3, 0.4) is 0 Å². The molecule has 8 heteroatoms. The molecule has 0 aliphatic heterocycles. The standard InChI is InChI=1S/C24H27N3O5/c1-30-20-12-15(13-21(31-2)22(20)32-3)23(28)25-14-19-17-10-6-7-11-18(17)24(29)27(26-19)16-8-4-5-9-16/h6-7,10-13,16H,4-5,8-9,14H2,1-3H3,(H,25,28). The van der Waals surface area contributed by atoms with Gasteiger partial charge in [0.1, 0.15) is 0 Å². The number of rotatable bonds is 7. The molecule has 1 aromatic heterocycles. The lowest BCUT2D eigenvalue weighted by Gasteiger charge is -2.16. The molecule has 0 saturated heterocycles. The Morgan fingerprint density at radius 2 is 1.66 bits per heavy atom. The van der Waals surface area contributed by atoms with Crippen molar-refractivity contribution in [1.29, 1.82) is 0 Å². The third kappa shape index (κ3) is 4.00. The molecule has 8 nitrogen and oxygen atoms in total. The van der Waals surface area contributed by atoms with E-state index in [4.69, 9.17) is 14.2 Å². The van der Waals surface area contributed by atoms with Gasteiger partial charge >= 0.3 is 0 Å². The van der Waals surface area contributed by atoms with Crippen LogP contribution < -0.4 is 25.1 Å². The minimum atomic E-state index is -0.311. The molecule has 0 bridgehead atoms. The van der Waals surface area contributed by atoms with Crippen LogP contribution in [0.4, 0.5) is 0 Å². The van der Waals surface area contributed by atoms with Crippen molar-refractivity contribution in [3.63, 3.8) is 0 Å². The lowest BCUT2D eigenvalue weighted by atomic mass is 10.1. The highest BCUT2D eigenvalue weighted by Crippen LogP contribution is 2.38. The molecule has 1 aliphatic carbocycles. The largest absolute Gasteiger partial charge is 0.493 e. The molecule has 0 spiro atoms. The predicted octanol–water partition coefficient (Wildman–Crippen LogP) is 3.47. The molecule has 1 fully saturated rings. The van der Waals surface area contributed by atoms with Crippen molar-refractivity contribution in [2.45, 2.75) is 38.3 Å². The summed E-state index contributed by atoms with van der Waals surface area (Å²) in [6, 6.07) is 10.7. The average molecular weight is 437 g/mol. The van der Waals surface area contributed by atoms with Crippen LogP contribution in [-0.2, 0) is 6.54 Å². The number of nitrogens with zero attached hydrogens (tertiary/aromatic N) is 2. The summed E-state index contributed by atoms with van der Waals surface area (Å²) in [6.45, 7) is 0.184. The minimum absolute atomic E-state index is 0.0767. The second-order valence-electron chi connectivity index (χ2n) is 7.78. The van der Waals surface area contributed by atoms with E-state index >= 15 is 0 Å². The van der Waals surface area contributed by atoms with Gasteiger partial charge in [0.15, 0.2) is 11.5 Å². The summed E-state index contributed by atoms with van der Waals surface area (Å²) in [5, 5.41) is 8.94. The highest BCUT2D eigenvalue weighted by atomic mass is 16.5. The lowest BCUT2D eigenvalue weighted by molar-refractivity contribution is 0.0949. The van der Waals surface area contributed by atoms with Crippen LogP contribution >= 0.6 is 0 Å². The Hall–Kier alpha value is -3.55. The van der Waals surface area contributed by atoms with Gasteiger partial charge in [0.2, 0.25) is 5.75 Å². The Morgan fingerprint density at radius 3 is 2.25 bits per heavy atom. The molecule has 3 aromatic rings.